The topological polar surface area (TPSA) is 97.4 Å². The van der Waals surface area contributed by atoms with Crippen molar-refractivity contribution < 1.29 is 38.1 Å². The van der Waals surface area contributed by atoms with Gasteiger partial charge in [0.1, 0.15) is 23.0 Å². The summed E-state index contributed by atoms with van der Waals surface area (Å²) in [6.45, 7) is 13.6. The molecule has 0 heterocycles. The van der Waals surface area contributed by atoms with Crippen molar-refractivity contribution >= 4 is 17.9 Å². The number of hydrogen-bond acceptors (Lipinski definition) is 8. The van der Waals surface area contributed by atoms with E-state index in [1.807, 2.05) is 6.92 Å². The molecule has 0 saturated carbocycles. The second kappa shape index (κ2) is 14.6. The van der Waals surface area contributed by atoms with Crippen molar-refractivity contribution in [2.75, 3.05) is 19.8 Å². The molecule has 0 N–H and O–H groups in total. The Kier molecular flexibility index (Phi) is 11.2. The molecule has 36 heavy (non-hydrogen) atoms. The molecule has 0 spiro atoms. The number of hydrogen-bond donors (Lipinski definition) is 0. The summed E-state index contributed by atoms with van der Waals surface area (Å²) >= 11 is 0. The number of carbonyl (C=O) groups excluding carboxylic acids is 3. The zero-order chi connectivity index (χ0) is 26.3. The van der Waals surface area contributed by atoms with E-state index < -0.39 is 17.9 Å². The first-order chi connectivity index (χ1) is 17.3. The summed E-state index contributed by atoms with van der Waals surface area (Å²) in [6, 6.07) is 12.8. The number of allylic oxidation sites excluding steroid dienone is 2. The SMILES string of the molecule is C=CC(=O)OCCCOc1ccc(C(=O)OC(=C)/C=C\C(=C)OC(=O)c2ccc(OCC)cc2)cc1. The van der Waals surface area contributed by atoms with Gasteiger partial charge >= 0.3 is 17.9 Å². The molecule has 0 atom stereocenters. The lowest BCUT2D eigenvalue weighted by molar-refractivity contribution is -0.137. The van der Waals surface area contributed by atoms with Crippen LogP contribution in [0.5, 0.6) is 11.5 Å². The summed E-state index contributed by atoms with van der Waals surface area (Å²) in [5.41, 5.74) is 0.624. The number of rotatable bonds is 14. The summed E-state index contributed by atoms with van der Waals surface area (Å²) < 4.78 is 26.1. The van der Waals surface area contributed by atoms with E-state index in [4.69, 9.17) is 23.7 Å². The average Bonchev–Trinajstić information content (AvgIpc) is 2.88. The van der Waals surface area contributed by atoms with E-state index >= 15 is 0 Å². The molecule has 0 saturated heterocycles. The summed E-state index contributed by atoms with van der Waals surface area (Å²) in [7, 11) is 0. The van der Waals surface area contributed by atoms with E-state index in [-0.39, 0.29) is 23.7 Å². The van der Waals surface area contributed by atoms with Crippen molar-refractivity contribution in [3.05, 3.63) is 109 Å². The highest BCUT2D eigenvalue weighted by molar-refractivity contribution is 5.91. The maximum absolute atomic E-state index is 12.3. The molecule has 0 radical (unpaired) electrons. The average molecular weight is 493 g/mol. The van der Waals surface area contributed by atoms with E-state index in [1.54, 1.807) is 48.5 Å². The molecule has 0 aliphatic carbocycles. The molecule has 8 nitrogen and oxygen atoms in total. The van der Waals surface area contributed by atoms with Crippen LogP contribution in [0.1, 0.15) is 34.1 Å². The van der Waals surface area contributed by atoms with Crippen LogP contribution in [0.4, 0.5) is 0 Å². The Morgan fingerprint density at radius 2 is 1.22 bits per heavy atom. The fourth-order valence-electron chi connectivity index (χ4n) is 2.63. The lowest BCUT2D eigenvalue weighted by Gasteiger charge is -2.08. The minimum atomic E-state index is -0.621. The van der Waals surface area contributed by atoms with Crippen molar-refractivity contribution in [1.82, 2.24) is 0 Å². The van der Waals surface area contributed by atoms with E-state index in [2.05, 4.69) is 19.7 Å². The Morgan fingerprint density at radius 1 is 0.750 bits per heavy atom. The van der Waals surface area contributed by atoms with E-state index in [0.29, 0.717) is 36.7 Å². The first-order valence-electron chi connectivity index (χ1n) is 11.1. The molecule has 2 rings (SSSR count). The number of ether oxygens (including phenoxy) is 5. The number of esters is 3. The maximum atomic E-state index is 12.3. The van der Waals surface area contributed by atoms with Crippen LogP contribution < -0.4 is 9.47 Å². The molecular formula is C28H28O8. The summed E-state index contributed by atoms with van der Waals surface area (Å²) in [4.78, 5) is 35.5. The van der Waals surface area contributed by atoms with Crippen molar-refractivity contribution in [3.8, 4) is 11.5 Å². The smallest absolute Gasteiger partial charge is 0.343 e. The molecule has 188 valence electrons. The molecule has 8 heteroatoms. The summed E-state index contributed by atoms with van der Waals surface area (Å²) in [5.74, 6) is -0.411. The molecule has 0 aliphatic heterocycles. The molecule has 0 amide bonds. The lowest BCUT2D eigenvalue weighted by Crippen LogP contribution is -2.07. The van der Waals surface area contributed by atoms with Crippen LogP contribution >= 0.6 is 0 Å². The van der Waals surface area contributed by atoms with Crippen LogP contribution in [0.15, 0.2) is 98.0 Å². The Bertz CT molecular complexity index is 1110. The highest BCUT2D eigenvalue weighted by Gasteiger charge is 2.10. The van der Waals surface area contributed by atoms with Crippen LogP contribution in [0.2, 0.25) is 0 Å². The monoisotopic (exact) mass is 492 g/mol. The predicted molar refractivity (Wildman–Crippen MR) is 134 cm³/mol. The predicted octanol–water partition coefficient (Wildman–Crippen LogP) is 5.18. The van der Waals surface area contributed by atoms with Gasteiger partial charge in [-0.2, -0.15) is 0 Å². The molecule has 2 aromatic carbocycles. The van der Waals surface area contributed by atoms with Gasteiger partial charge in [0, 0.05) is 12.5 Å². The molecular weight excluding hydrogens is 464 g/mol. The number of benzene rings is 2. The van der Waals surface area contributed by atoms with Gasteiger partial charge in [0.05, 0.1) is 30.9 Å². The van der Waals surface area contributed by atoms with Crippen molar-refractivity contribution in [1.29, 1.82) is 0 Å². The minimum Gasteiger partial charge on any atom is -0.494 e. The van der Waals surface area contributed by atoms with Crippen LogP contribution in [0, 0.1) is 0 Å². The fraction of sp³-hybridized carbons (Fsp3) is 0.179. The largest absolute Gasteiger partial charge is 0.494 e. The first kappa shape index (κ1) is 27.7. The lowest BCUT2D eigenvalue weighted by atomic mass is 10.2. The molecule has 0 aliphatic rings. The number of carbonyl (C=O) groups is 3. The van der Waals surface area contributed by atoms with Gasteiger partial charge < -0.3 is 23.7 Å². The molecule has 0 fully saturated rings. The van der Waals surface area contributed by atoms with Crippen LogP contribution in [0.3, 0.4) is 0 Å². The van der Waals surface area contributed by atoms with Crippen molar-refractivity contribution in [3.63, 3.8) is 0 Å². The third-order valence-electron chi connectivity index (χ3n) is 4.36. The zero-order valence-corrected chi connectivity index (χ0v) is 20.1. The summed E-state index contributed by atoms with van der Waals surface area (Å²) in [6.07, 6.45) is 4.34. The van der Waals surface area contributed by atoms with E-state index in [0.717, 1.165) is 6.08 Å². The maximum Gasteiger partial charge on any atom is 0.343 e. The van der Waals surface area contributed by atoms with Crippen LogP contribution in [-0.2, 0) is 19.0 Å². The minimum absolute atomic E-state index is 0.0349. The van der Waals surface area contributed by atoms with E-state index in [9.17, 15) is 14.4 Å². The Labute approximate surface area is 210 Å². The van der Waals surface area contributed by atoms with Crippen molar-refractivity contribution in [2.24, 2.45) is 0 Å². The zero-order valence-electron chi connectivity index (χ0n) is 20.1. The Morgan fingerprint density at radius 3 is 1.67 bits per heavy atom. The van der Waals surface area contributed by atoms with Gasteiger partial charge in [-0.05, 0) is 67.6 Å². The fourth-order valence-corrected chi connectivity index (χ4v) is 2.63. The van der Waals surface area contributed by atoms with Gasteiger partial charge in [0.15, 0.2) is 0 Å². The third-order valence-corrected chi connectivity index (χ3v) is 4.36. The summed E-state index contributed by atoms with van der Waals surface area (Å²) in [5, 5.41) is 0. The third kappa shape index (κ3) is 9.72. The van der Waals surface area contributed by atoms with Gasteiger partial charge in [-0.15, -0.1) is 0 Å². The standard InChI is InChI=1S/C28H28O8/c1-5-26(29)34-19-7-18-33-25-16-12-23(13-17-25)28(31)36-21(4)9-8-20(3)35-27(30)22-10-14-24(15-11-22)32-6-2/h5,8-17H,1,3-4,6-7,18-19H2,2H3/b9-8-. The quantitative estimate of drug-likeness (QED) is 0.0889. The van der Waals surface area contributed by atoms with Crippen LogP contribution in [-0.4, -0.2) is 37.7 Å². The Balaban J connectivity index is 1.76. The van der Waals surface area contributed by atoms with Crippen molar-refractivity contribution in [2.45, 2.75) is 13.3 Å². The highest BCUT2D eigenvalue weighted by atomic mass is 16.5. The van der Waals surface area contributed by atoms with Gasteiger partial charge in [-0.1, -0.05) is 19.7 Å². The van der Waals surface area contributed by atoms with E-state index in [1.165, 1.54) is 12.2 Å². The highest BCUT2D eigenvalue weighted by Crippen LogP contribution is 2.16. The molecule has 2 aromatic rings. The Hall–Kier alpha value is -4.59. The second-order valence-corrected chi connectivity index (χ2v) is 7.10. The van der Waals surface area contributed by atoms with Gasteiger partial charge in [-0.3, -0.25) is 0 Å². The first-order valence-corrected chi connectivity index (χ1v) is 11.1. The molecule has 0 unspecified atom stereocenters. The second-order valence-electron chi connectivity index (χ2n) is 7.10. The van der Waals surface area contributed by atoms with Gasteiger partial charge in [0.2, 0.25) is 0 Å². The van der Waals surface area contributed by atoms with Gasteiger partial charge in [-0.25, -0.2) is 14.4 Å². The van der Waals surface area contributed by atoms with Gasteiger partial charge in [0.25, 0.3) is 0 Å². The van der Waals surface area contributed by atoms with Crippen LogP contribution in [0.25, 0.3) is 0 Å². The normalized spacial score (nSPS) is 10.2. The molecule has 0 aromatic heterocycles. The molecule has 0 bridgehead atoms.